The highest BCUT2D eigenvalue weighted by molar-refractivity contribution is 5.80. The molecule has 0 radical (unpaired) electrons. The topological polar surface area (TPSA) is 66.5 Å². The Morgan fingerprint density at radius 2 is 2.05 bits per heavy atom. The first-order valence-corrected chi connectivity index (χ1v) is 6.42. The quantitative estimate of drug-likeness (QED) is 0.751. The van der Waals surface area contributed by atoms with Crippen molar-refractivity contribution >= 4 is 16.9 Å². The fourth-order valence-electron chi connectivity index (χ4n) is 2.09. The van der Waals surface area contributed by atoms with Gasteiger partial charge >= 0.3 is 0 Å². The molecule has 0 spiro atoms. The maximum absolute atomic E-state index is 4.27. The van der Waals surface area contributed by atoms with Crippen LogP contribution in [0, 0.1) is 0 Å². The molecule has 19 heavy (non-hydrogen) atoms. The van der Waals surface area contributed by atoms with Crippen molar-refractivity contribution in [2.45, 2.75) is 18.9 Å². The Bertz CT molecular complexity index is 712. The largest absolute Gasteiger partial charge is 0.366 e. The van der Waals surface area contributed by atoms with E-state index in [2.05, 4.69) is 25.5 Å². The number of anilines is 1. The van der Waals surface area contributed by atoms with E-state index < -0.39 is 0 Å². The zero-order chi connectivity index (χ0) is 12.7. The molecule has 1 saturated carbocycles. The molecule has 0 atom stereocenters. The van der Waals surface area contributed by atoms with Crippen LogP contribution in [0.4, 0.5) is 5.82 Å². The van der Waals surface area contributed by atoms with E-state index in [0.29, 0.717) is 6.04 Å². The second kappa shape index (κ2) is 4.05. The highest BCUT2D eigenvalue weighted by atomic mass is 15.2. The summed E-state index contributed by atoms with van der Waals surface area (Å²) in [5, 5.41) is 11.8. The van der Waals surface area contributed by atoms with Gasteiger partial charge in [-0.15, -0.1) is 10.2 Å². The molecule has 4 rings (SSSR count). The maximum atomic E-state index is 4.27. The van der Waals surface area contributed by atoms with E-state index in [9.17, 15) is 0 Å². The number of benzene rings is 1. The fraction of sp³-hybridized carbons (Fsp3) is 0.214. The van der Waals surface area contributed by atoms with Crippen molar-refractivity contribution in [2.24, 2.45) is 0 Å². The summed E-state index contributed by atoms with van der Waals surface area (Å²) in [4.78, 5) is 7.31. The summed E-state index contributed by atoms with van der Waals surface area (Å²) in [7, 11) is 0. The summed E-state index contributed by atoms with van der Waals surface area (Å²) in [5.41, 5.74) is 3.89. The fourth-order valence-corrected chi connectivity index (χ4v) is 2.09. The lowest BCUT2D eigenvalue weighted by Gasteiger charge is -2.04. The zero-order valence-electron chi connectivity index (χ0n) is 10.3. The average molecular weight is 251 g/mol. The molecular weight excluding hydrogens is 238 g/mol. The van der Waals surface area contributed by atoms with Gasteiger partial charge in [0.1, 0.15) is 5.82 Å². The minimum atomic E-state index is 0.599. The minimum Gasteiger partial charge on any atom is -0.366 e. The Hall–Kier alpha value is -2.43. The molecule has 0 unspecified atom stereocenters. The molecule has 0 amide bonds. The van der Waals surface area contributed by atoms with Gasteiger partial charge in [0.05, 0.1) is 23.1 Å². The molecular formula is C14H13N5. The first kappa shape index (κ1) is 10.5. The maximum Gasteiger partial charge on any atom is 0.148 e. The van der Waals surface area contributed by atoms with Crippen LogP contribution < -0.4 is 5.32 Å². The van der Waals surface area contributed by atoms with Gasteiger partial charge in [0.15, 0.2) is 0 Å². The number of fused-ring (bicyclic) bond motifs is 1. The first-order chi connectivity index (χ1) is 9.38. The van der Waals surface area contributed by atoms with Gasteiger partial charge in [-0.3, -0.25) is 0 Å². The molecule has 1 fully saturated rings. The molecule has 2 heterocycles. The Kier molecular flexibility index (Phi) is 2.24. The van der Waals surface area contributed by atoms with E-state index >= 15 is 0 Å². The van der Waals surface area contributed by atoms with Crippen molar-refractivity contribution < 1.29 is 0 Å². The molecule has 2 N–H and O–H groups in total. The van der Waals surface area contributed by atoms with Gasteiger partial charge in [0.2, 0.25) is 0 Å². The molecule has 2 aromatic heterocycles. The molecule has 1 aliphatic carbocycles. The van der Waals surface area contributed by atoms with Crippen molar-refractivity contribution in [1.82, 2.24) is 20.2 Å². The van der Waals surface area contributed by atoms with E-state index in [1.165, 1.54) is 12.8 Å². The Balaban J connectivity index is 1.66. The second-order valence-electron chi connectivity index (χ2n) is 4.86. The molecule has 1 aliphatic rings. The molecule has 0 aliphatic heterocycles. The lowest BCUT2D eigenvalue weighted by atomic mass is 10.1. The predicted octanol–water partition coefficient (Wildman–Crippen LogP) is 2.59. The number of nitrogens with one attached hydrogen (secondary N) is 2. The van der Waals surface area contributed by atoms with Crippen LogP contribution >= 0.6 is 0 Å². The second-order valence-corrected chi connectivity index (χ2v) is 4.86. The van der Waals surface area contributed by atoms with E-state index in [0.717, 1.165) is 28.1 Å². The van der Waals surface area contributed by atoms with Gasteiger partial charge in [-0.05, 0) is 37.1 Å². The molecule has 1 aromatic carbocycles. The van der Waals surface area contributed by atoms with Gasteiger partial charge in [-0.25, -0.2) is 4.98 Å². The summed E-state index contributed by atoms with van der Waals surface area (Å²) in [6, 6.07) is 10.6. The van der Waals surface area contributed by atoms with Crippen molar-refractivity contribution in [3.8, 4) is 11.3 Å². The van der Waals surface area contributed by atoms with Crippen molar-refractivity contribution in [3.05, 3.63) is 36.7 Å². The average Bonchev–Trinajstić information content (AvgIpc) is 3.14. The Morgan fingerprint density at radius 3 is 2.84 bits per heavy atom. The third kappa shape index (κ3) is 2.03. The number of aromatic nitrogens is 4. The SMILES string of the molecule is c1nc2ccc(-c3ccc(NC4CC4)nn3)cc2[nH]1. The first-order valence-electron chi connectivity index (χ1n) is 6.42. The number of imidazole rings is 1. The molecule has 0 bridgehead atoms. The van der Waals surface area contributed by atoms with E-state index in [1.807, 2.05) is 30.3 Å². The molecule has 0 saturated heterocycles. The normalized spacial score (nSPS) is 14.7. The summed E-state index contributed by atoms with van der Waals surface area (Å²) in [6.45, 7) is 0. The van der Waals surface area contributed by atoms with Crippen LogP contribution in [0.5, 0.6) is 0 Å². The van der Waals surface area contributed by atoms with E-state index in [1.54, 1.807) is 6.33 Å². The highest BCUT2D eigenvalue weighted by Crippen LogP contribution is 2.25. The standard InChI is InChI=1S/C14H13N5/c1-4-12-13(16-8-15-12)7-9(1)11-5-6-14(19-18-11)17-10-2-3-10/h1,4-8,10H,2-3H2,(H,15,16)(H,17,19). The molecule has 3 aromatic rings. The van der Waals surface area contributed by atoms with Crippen LogP contribution in [0.2, 0.25) is 0 Å². The van der Waals surface area contributed by atoms with Crippen LogP contribution in [0.25, 0.3) is 22.3 Å². The molecule has 94 valence electrons. The zero-order valence-corrected chi connectivity index (χ0v) is 10.3. The third-order valence-electron chi connectivity index (χ3n) is 3.31. The Labute approximate surface area is 110 Å². The van der Waals surface area contributed by atoms with Crippen molar-refractivity contribution in [1.29, 1.82) is 0 Å². The predicted molar refractivity (Wildman–Crippen MR) is 73.8 cm³/mol. The lowest BCUT2D eigenvalue weighted by Crippen LogP contribution is -2.03. The van der Waals surface area contributed by atoms with Gasteiger partial charge in [0, 0.05) is 11.6 Å². The number of aromatic amines is 1. The van der Waals surface area contributed by atoms with Gasteiger partial charge < -0.3 is 10.3 Å². The van der Waals surface area contributed by atoms with Crippen LogP contribution in [0.15, 0.2) is 36.7 Å². The van der Waals surface area contributed by atoms with Crippen molar-refractivity contribution in [2.75, 3.05) is 5.32 Å². The highest BCUT2D eigenvalue weighted by Gasteiger charge is 2.21. The number of rotatable bonds is 3. The lowest BCUT2D eigenvalue weighted by molar-refractivity contribution is 1.00. The van der Waals surface area contributed by atoms with Gasteiger partial charge in [-0.1, -0.05) is 6.07 Å². The Morgan fingerprint density at radius 1 is 1.11 bits per heavy atom. The summed E-state index contributed by atoms with van der Waals surface area (Å²) in [6.07, 6.45) is 4.17. The number of hydrogen-bond acceptors (Lipinski definition) is 4. The van der Waals surface area contributed by atoms with Crippen LogP contribution in [-0.2, 0) is 0 Å². The summed E-state index contributed by atoms with van der Waals surface area (Å²) >= 11 is 0. The minimum absolute atomic E-state index is 0.599. The van der Waals surface area contributed by atoms with E-state index in [4.69, 9.17) is 0 Å². The molecule has 5 heteroatoms. The molecule has 5 nitrogen and oxygen atoms in total. The van der Waals surface area contributed by atoms with Gasteiger partial charge in [-0.2, -0.15) is 0 Å². The summed E-state index contributed by atoms with van der Waals surface area (Å²) < 4.78 is 0. The van der Waals surface area contributed by atoms with Crippen LogP contribution in [0.3, 0.4) is 0 Å². The number of nitrogens with zero attached hydrogens (tertiary/aromatic N) is 3. The number of hydrogen-bond donors (Lipinski definition) is 2. The van der Waals surface area contributed by atoms with Crippen LogP contribution in [-0.4, -0.2) is 26.2 Å². The van der Waals surface area contributed by atoms with Gasteiger partial charge in [0.25, 0.3) is 0 Å². The third-order valence-corrected chi connectivity index (χ3v) is 3.31. The monoisotopic (exact) mass is 251 g/mol. The summed E-state index contributed by atoms with van der Waals surface area (Å²) in [5.74, 6) is 0.855. The number of H-pyrrole nitrogens is 1. The van der Waals surface area contributed by atoms with Crippen LogP contribution in [0.1, 0.15) is 12.8 Å². The van der Waals surface area contributed by atoms with Crippen molar-refractivity contribution in [3.63, 3.8) is 0 Å². The van der Waals surface area contributed by atoms with E-state index in [-0.39, 0.29) is 0 Å². The smallest absolute Gasteiger partial charge is 0.148 e.